The number of rotatable bonds is 8. The normalized spacial score (nSPS) is 11.3. The van der Waals surface area contributed by atoms with Gasteiger partial charge in [0.15, 0.2) is 0 Å². The molecule has 2 N–H and O–H groups in total. The second-order valence-corrected chi connectivity index (χ2v) is 4.29. The summed E-state index contributed by atoms with van der Waals surface area (Å²) in [5.41, 5.74) is 0.785. The van der Waals surface area contributed by atoms with E-state index in [9.17, 15) is 9.59 Å². The molecule has 0 heterocycles. The first-order chi connectivity index (χ1) is 10.1. The van der Waals surface area contributed by atoms with E-state index in [4.69, 9.17) is 14.6 Å². The van der Waals surface area contributed by atoms with Gasteiger partial charge in [0.1, 0.15) is 12.4 Å². The lowest BCUT2D eigenvalue weighted by Crippen LogP contribution is -2.29. The molecule has 1 aromatic rings. The Hall–Kier alpha value is -2.50. The largest absolute Gasteiger partial charge is 0.497 e. The lowest BCUT2D eigenvalue weighted by Gasteiger charge is -2.18. The molecule has 0 bridgehead atoms. The van der Waals surface area contributed by atoms with Gasteiger partial charge in [-0.05, 0) is 24.1 Å². The van der Waals surface area contributed by atoms with Crippen LogP contribution in [0.25, 0.3) is 0 Å². The van der Waals surface area contributed by atoms with Gasteiger partial charge in [-0.25, -0.2) is 4.79 Å². The van der Waals surface area contributed by atoms with E-state index in [1.165, 1.54) is 6.08 Å². The molecule has 0 radical (unpaired) electrons. The van der Waals surface area contributed by atoms with Crippen LogP contribution in [0, 0.1) is 0 Å². The molecule has 0 aliphatic carbocycles. The number of hydrogen-bond donors (Lipinski definition) is 2. The Labute approximate surface area is 123 Å². The summed E-state index contributed by atoms with van der Waals surface area (Å²) in [4.78, 5) is 22.3. The fraction of sp³-hybridized carbons (Fsp3) is 0.333. The van der Waals surface area contributed by atoms with E-state index in [1.807, 2.05) is 0 Å². The van der Waals surface area contributed by atoms with Gasteiger partial charge in [-0.3, -0.25) is 4.79 Å². The minimum absolute atomic E-state index is 0.0571. The van der Waals surface area contributed by atoms with Gasteiger partial charge in [0.05, 0.1) is 13.2 Å². The topological polar surface area (TPSA) is 84.9 Å². The molecular weight excluding hydrogens is 274 g/mol. The lowest BCUT2D eigenvalue weighted by atomic mass is 10.0. The zero-order valence-corrected chi connectivity index (χ0v) is 11.9. The summed E-state index contributed by atoms with van der Waals surface area (Å²) >= 11 is 0. The van der Waals surface area contributed by atoms with Crippen molar-refractivity contribution in [1.29, 1.82) is 0 Å². The molecule has 6 nitrogen and oxygen atoms in total. The summed E-state index contributed by atoms with van der Waals surface area (Å²) in [5.74, 6) is -0.236. The number of carbonyl (C=O) groups excluding carboxylic acids is 1. The molecule has 0 aliphatic rings. The van der Waals surface area contributed by atoms with E-state index in [-0.39, 0.29) is 19.4 Å². The third kappa shape index (κ3) is 5.99. The van der Waals surface area contributed by atoms with Crippen molar-refractivity contribution < 1.29 is 24.2 Å². The van der Waals surface area contributed by atoms with Crippen LogP contribution in [-0.2, 0) is 9.53 Å². The summed E-state index contributed by atoms with van der Waals surface area (Å²) in [6, 6.07) is 6.61. The highest BCUT2D eigenvalue weighted by Crippen LogP contribution is 2.21. The van der Waals surface area contributed by atoms with Crippen molar-refractivity contribution in [1.82, 2.24) is 5.32 Å². The number of amides is 1. The maximum atomic E-state index is 11.6. The first-order valence-corrected chi connectivity index (χ1v) is 6.46. The molecule has 0 saturated heterocycles. The molecular formula is C15H19NO5. The van der Waals surface area contributed by atoms with Gasteiger partial charge in [0, 0.05) is 6.42 Å². The Balaban J connectivity index is 2.76. The minimum Gasteiger partial charge on any atom is -0.497 e. The van der Waals surface area contributed by atoms with Crippen molar-refractivity contribution in [2.45, 2.75) is 18.9 Å². The lowest BCUT2D eigenvalue weighted by molar-refractivity contribution is -0.137. The SMILES string of the molecule is C=CCOC(=O)NC(CCC(=O)O)c1ccc(OC)cc1. The maximum Gasteiger partial charge on any atom is 0.407 e. The standard InChI is InChI=1S/C15H19NO5/c1-3-10-21-15(19)16-13(8-9-14(17)18)11-4-6-12(20-2)7-5-11/h3-7,13H,1,8-10H2,2H3,(H,16,19)(H,17,18). The Morgan fingerprint density at radius 2 is 2.05 bits per heavy atom. The number of methoxy groups -OCH3 is 1. The molecule has 114 valence electrons. The van der Waals surface area contributed by atoms with E-state index < -0.39 is 18.1 Å². The molecule has 1 atom stereocenters. The number of ether oxygens (including phenoxy) is 2. The zero-order valence-electron chi connectivity index (χ0n) is 11.9. The first kappa shape index (κ1) is 16.6. The molecule has 0 aromatic heterocycles. The Bertz CT molecular complexity index is 483. The van der Waals surface area contributed by atoms with Crippen LogP contribution < -0.4 is 10.1 Å². The number of nitrogens with one attached hydrogen (secondary N) is 1. The van der Waals surface area contributed by atoms with Gasteiger partial charge in [0.2, 0.25) is 0 Å². The quantitative estimate of drug-likeness (QED) is 0.719. The predicted octanol–water partition coefficient (Wildman–Crippen LogP) is 2.51. The van der Waals surface area contributed by atoms with Gasteiger partial charge in [-0.15, -0.1) is 0 Å². The molecule has 0 spiro atoms. The van der Waals surface area contributed by atoms with Gasteiger partial charge < -0.3 is 19.9 Å². The fourth-order valence-corrected chi connectivity index (χ4v) is 1.74. The summed E-state index contributed by atoms with van der Waals surface area (Å²) in [5, 5.41) is 11.4. The minimum atomic E-state index is -0.922. The second-order valence-electron chi connectivity index (χ2n) is 4.29. The average molecular weight is 293 g/mol. The number of hydrogen-bond acceptors (Lipinski definition) is 4. The van der Waals surface area contributed by atoms with Crippen LogP contribution in [-0.4, -0.2) is 30.9 Å². The van der Waals surface area contributed by atoms with E-state index in [0.717, 1.165) is 5.56 Å². The second kappa shape index (κ2) is 8.63. The van der Waals surface area contributed by atoms with Crippen molar-refractivity contribution in [3.05, 3.63) is 42.5 Å². The van der Waals surface area contributed by atoms with E-state index in [0.29, 0.717) is 5.75 Å². The van der Waals surface area contributed by atoms with E-state index in [1.54, 1.807) is 31.4 Å². The van der Waals surface area contributed by atoms with Crippen LogP contribution in [0.5, 0.6) is 5.75 Å². The van der Waals surface area contributed by atoms with Gasteiger partial charge >= 0.3 is 12.1 Å². The van der Waals surface area contributed by atoms with Crippen molar-refractivity contribution in [2.24, 2.45) is 0 Å². The zero-order chi connectivity index (χ0) is 15.7. The molecule has 1 amide bonds. The van der Waals surface area contributed by atoms with E-state index >= 15 is 0 Å². The van der Waals surface area contributed by atoms with Crippen molar-refractivity contribution in [3.63, 3.8) is 0 Å². The van der Waals surface area contributed by atoms with Crippen molar-refractivity contribution in [2.75, 3.05) is 13.7 Å². The third-order valence-corrected chi connectivity index (χ3v) is 2.79. The summed E-state index contributed by atoms with van der Waals surface area (Å²) in [7, 11) is 1.56. The highest BCUT2D eigenvalue weighted by Gasteiger charge is 2.16. The first-order valence-electron chi connectivity index (χ1n) is 6.46. The third-order valence-electron chi connectivity index (χ3n) is 2.79. The molecule has 6 heteroatoms. The van der Waals surface area contributed by atoms with Crippen LogP contribution in [0.4, 0.5) is 4.79 Å². The maximum absolute atomic E-state index is 11.6. The number of carboxylic acids is 1. The van der Waals surface area contributed by atoms with Gasteiger partial charge in [0.25, 0.3) is 0 Å². The molecule has 21 heavy (non-hydrogen) atoms. The summed E-state index contributed by atoms with van der Waals surface area (Å²) in [6.07, 6.45) is 1.06. The summed E-state index contributed by atoms with van der Waals surface area (Å²) in [6.45, 7) is 3.55. The van der Waals surface area contributed by atoms with Crippen molar-refractivity contribution in [3.8, 4) is 5.75 Å². The van der Waals surface area contributed by atoms with Crippen molar-refractivity contribution >= 4 is 12.1 Å². The number of alkyl carbamates (subject to hydrolysis) is 1. The number of carbonyl (C=O) groups is 2. The number of aliphatic carboxylic acids is 1. The molecule has 0 aliphatic heterocycles. The smallest absolute Gasteiger partial charge is 0.407 e. The summed E-state index contributed by atoms with van der Waals surface area (Å²) < 4.78 is 9.92. The van der Waals surface area contributed by atoms with Crippen LogP contribution >= 0.6 is 0 Å². The average Bonchev–Trinajstić information content (AvgIpc) is 2.49. The molecule has 1 aromatic carbocycles. The number of benzene rings is 1. The monoisotopic (exact) mass is 293 g/mol. The molecule has 0 fully saturated rings. The fourth-order valence-electron chi connectivity index (χ4n) is 1.74. The van der Waals surface area contributed by atoms with Gasteiger partial charge in [-0.2, -0.15) is 0 Å². The number of carboxylic acid groups (broad SMARTS) is 1. The van der Waals surface area contributed by atoms with Crippen LogP contribution in [0.2, 0.25) is 0 Å². The predicted molar refractivity (Wildman–Crippen MR) is 77.3 cm³/mol. The molecule has 1 unspecified atom stereocenters. The van der Waals surface area contributed by atoms with Gasteiger partial charge in [-0.1, -0.05) is 24.8 Å². The highest BCUT2D eigenvalue weighted by atomic mass is 16.5. The Morgan fingerprint density at radius 1 is 1.38 bits per heavy atom. The van der Waals surface area contributed by atoms with Crippen LogP contribution in [0.15, 0.2) is 36.9 Å². The van der Waals surface area contributed by atoms with E-state index in [2.05, 4.69) is 11.9 Å². The Morgan fingerprint density at radius 3 is 2.57 bits per heavy atom. The van der Waals surface area contributed by atoms with Crippen LogP contribution in [0.1, 0.15) is 24.4 Å². The molecule has 1 rings (SSSR count). The molecule has 0 saturated carbocycles. The Kier molecular flexibility index (Phi) is 6.80. The highest BCUT2D eigenvalue weighted by molar-refractivity contribution is 5.69. The van der Waals surface area contributed by atoms with Crippen LogP contribution in [0.3, 0.4) is 0 Å².